The summed E-state index contributed by atoms with van der Waals surface area (Å²) < 4.78 is 38.8. The number of benzene rings is 3. The van der Waals surface area contributed by atoms with E-state index in [2.05, 4.69) is 0 Å². The topological polar surface area (TPSA) is 55.8 Å². The van der Waals surface area contributed by atoms with E-state index in [1.165, 1.54) is 25.3 Å². The van der Waals surface area contributed by atoms with Crippen molar-refractivity contribution in [3.05, 3.63) is 100.0 Å². The lowest BCUT2D eigenvalue weighted by Crippen LogP contribution is -2.27. The van der Waals surface area contributed by atoms with Crippen molar-refractivity contribution in [1.82, 2.24) is 4.90 Å². The Kier molecular flexibility index (Phi) is 6.74. The van der Waals surface area contributed by atoms with Crippen molar-refractivity contribution in [3.8, 4) is 11.5 Å². The van der Waals surface area contributed by atoms with Gasteiger partial charge in [-0.25, -0.2) is 8.78 Å². The highest BCUT2D eigenvalue weighted by atomic mass is 32.2. The van der Waals surface area contributed by atoms with Crippen LogP contribution in [-0.4, -0.2) is 23.2 Å². The van der Waals surface area contributed by atoms with Crippen LogP contribution in [0.15, 0.2) is 71.6 Å². The number of halogens is 2. The van der Waals surface area contributed by atoms with E-state index in [1.807, 2.05) is 0 Å². The van der Waals surface area contributed by atoms with Crippen LogP contribution in [-0.2, 0) is 17.9 Å². The largest absolute Gasteiger partial charge is 0.493 e. The highest BCUT2D eigenvalue weighted by Crippen LogP contribution is 2.35. The molecule has 3 aromatic carbocycles. The summed E-state index contributed by atoms with van der Waals surface area (Å²) in [7, 11) is 1.47. The molecule has 0 radical (unpaired) electrons. The molecule has 168 valence electrons. The average Bonchev–Trinajstić information content (AvgIpc) is 3.07. The Morgan fingerprint density at radius 1 is 0.909 bits per heavy atom. The summed E-state index contributed by atoms with van der Waals surface area (Å²) in [5.41, 5.74) is 1.28. The van der Waals surface area contributed by atoms with E-state index in [-0.39, 0.29) is 29.4 Å². The summed E-state index contributed by atoms with van der Waals surface area (Å²) in [4.78, 5) is 26.3. The number of rotatable bonds is 7. The highest BCUT2D eigenvalue weighted by molar-refractivity contribution is 8.18. The minimum absolute atomic E-state index is 0.0251. The molecule has 1 aliphatic heterocycles. The van der Waals surface area contributed by atoms with Crippen LogP contribution in [0.3, 0.4) is 0 Å². The first-order valence-corrected chi connectivity index (χ1v) is 10.8. The van der Waals surface area contributed by atoms with E-state index in [0.29, 0.717) is 22.6 Å². The van der Waals surface area contributed by atoms with Crippen molar-refractivity contribution in [2.45, 2.75) is 13.2 Å². The van der Waals surface area contributed by atoms with Gasteiger partial charge in [-0.15, -0.1) is 0 Å². The van der Waals surface area contributed by atoms with E-state index < -0.39 is 17.0 Å². The summed E-state index contributed by atoms with van der Waals surface area (Å²) in [5.74, 6) is -0.529. The van der Waals surface area contributed by atoms with E-state index in [4.69, 9.17) is 9.47 Å². The van der Waals surface area contributed by atoms with Crippen molar-refractivity contribution >= 4 is 29.0 Å². The van der Waals surface area contributed by atoms with Crippen molar-refractivity contribution in [1.29, 1.82) is 0 Å². The molecule has 1 aliphatic rings. The maximum Gasteiger partial charge on any atom is 0.293 e. The summed E-state index contributed by atoms with van der Waals surface area (Å²) in [6.07, 6.45) is 1.56. The van der Waals surface area contributed by atoms with Gasteiger partial charge in [0.1, 0.15) is 18.2 Å². The molecule has 3 aromatic rings. The lowest BCUT2D eigenvalue weighted by atomic mass is 10.1. The van der Waals surface area contributed by atoms with Gasteiger partial charge in [-0.05, 0) is 47.7 Å². The average molecular weight is 467 g/mol. The molecule has 2 amide bonds. The first kappa shape index (κ1) is 22.5. The van der Waals surface area contributed by atoms with Gasteiger partial charge in [0, 0.05) is 11.1 Å². The number of carbonyl (C=O) groups is 2. The van der Waals surface area contributed by atoms with Crippen molar-refractivity contribution in [2.75, 3.05) is 7.11 Å². The van der Waals surface area contributed by atoms with Gasteiger partial charge in [0.25, 0.3) is 11.1 Å². The molecule has 0 saturated carbocycles. The number of amides is 2. The monoisotopic (exact) mass is 467 g/mol. The predicted molar refractivity (Wildman–Crippen MR) is 122 cm³/mol. The Hall–Kier alpha value is -3.65. The fourth-order valence-corrected chi connectivity index (χ4v) is 4.09. The van der Waals surface area contributed by atoms with Gasteiger partial charge in [-0.1, -0.05) is 42.5 Å². The molecule has 0 N–H and O–H groups in total. The van der Waals surface area contributed by atoms with Gasteiger partial charge in [-0.3, -0.25) is 14.5 Å². The highest BCUT2D eigenvalue weighted by Gasteiger charge is 2.35. The summed E-state index contributed by atoms with van der Waals surface area (Å²) in [5, 5.41) is -0.466. The van der Waals surface area contributed by atoms with Crippen molar-refractivity contribution in [3.63, 3.8) is 0 Å². The van der Waals surface area contributed by atoms with Crippen LogP contribution >= 0.6 is 11.8 Å². The number of hydrogen-bond donors (Lipinski definition) is 0. The second-order valence-corrected chi connectivity index (χ2v) is 8.14. The molecular formula is C25H19F2NO4S. The number of hydrogen-bond acceptors (Lipinski definition) is 5. The number of carbonyl (C=O) groups excluding carboxylic acids is 2. The van der Waals surface area contributed by atoms with Gasteiger partial charge in [0.15, 0.2) is 11.5 Å². The zero-order chi connectivity index (χ0) is 23.4. The Morgan fingerprint density at radius 2 is 1.58 bits per heavy atom. The molecule has 0 atom stereocenters. The molecule has 4 rings (SSSR count). The Bertz CT molecular complexity index is 1240. The third-order valence-electron chi connectivity index (χ3n) is 4.99. The Morgan fingerprint density at radius 3 is 2.24 bits per heavy atom. The fourth-order valence-electron chi connectivity index (χ4n) is 3.25. The summed E-state index contributed by atoms with van der Waals surface area (Å²) >= 11 is 0.791. The van der Waals surface area contributed by atoms with Crippen LogP contribution in [0.25, 0.3) is 6.08 Å². The molecule has 0 aromatic heterocycles. The number of nitrogens with zero attached hydrogens (tertiary/aromatic N) is 1. The van der Waals surface area contributed by atoms with Gasteiger partial charge >= 0.3 is 0 Å². The lowest BCUT2D eigenvalue weighted by Gasteiger charge is -2.13. The molecule has 0 bridgehead atoms. The van der Waals surface area contributed by atoms with E-state index in [0.717, 1.165) is 16.7 Å². The van der Waals surface area contributed by atoms with Gasteiger partial charge in [0.05, 0.1) is 18.6 Å². The van der Waals surface area contributed by atoms with Crippen LogP contribution in [0.1, 0.15) is 16.7 Å². The third-order valence-corrected chi connectivity index (χ3v) is 5.89. The first-order chi connectivity index (χ1) is 16.0. The van der Waals surface area contributed by atoms with Crippen LogP contribution in [0.5, 0.6) is 11.5 Å². The van der Waals surface area contributed by atoms with Crippen LogP contribution < -0.4 is 9.47 Å². The van der Waals surface area contributed by atoms with E-state index in [1.54, 1.807) is 54.6 Å². The van der Waals surface area contributed by atoms with Crippen LogP contribution in [0.2, 0.25) is 0 Å². The second-order valence-electron chi connectivity index (χ2n) is 7.15. The zero-order valence-corrected chi connectivity index (χ0v) is 18.4. The summed E-state index contributed by atoms with van der Waals surface area (Å²) in [6.45, 7) is -0.113. The fraction of sp³-hybridized carbons (Fsp3) is 0.120. The summed E-state index contributed by atoms with van der Waals surface area (Å²) in [6, 6.07) is 17.3. The molecule has 33 heavy (non-hydrogen) atoms. The SMILES string of the molecule is COc1cc(/C=C2/SC(=O)N(Cc3ccccc3F)C2=O)ccc1OCc1ccccc1F. The Balaban J connectivity index is 1.50. The molecule has 0 spiro atoms. The van der Waals surface area contributed by atoms with Crippen LogP contribution in [0, 0.1) is 11.6 Å². The maximum absolute atomic E-state index is 13.9. The standard InChI is InChI=1S/C25H19F2NO4S/c1-31-22-12-16(10-11-21(22)32-15-18-7-3-5-9-20(18)27)13-23-24(29)28(25(30)33-23)14-17-6-2-4-8-19(17)26/h2-13H,14-15H2,1H3/b23-13+. The molecule has 1 saturated heterocycles. The van der Waals surface area contributed by atoms with Gasteiger partial charge in [0.2, 0.25) is 0 Å². The number of methoxy groups -OCH3 is 1. The number of thioether (sulfide) groups is 1. The normalized spacial score (nSPS) is 14.8. The molecule has 0 unspecified atom stereocenters. The quantitative estimate of drug-likeness (QED) is 0.412. The smallest absolute Gasteiger partial charge is 0.293 e. The van der Waals surface area contributed by atoms with Crippen LogP contribution in [0.4, 0.5) is 13.6 Å². The molecular weight excluding hydrogens is 448 g/mol. The minimum Gasteiger partial charge on any atom is -0.493 e. The lowest BCUT2D eigenvalue weighted by molar-refractivity contribution is -0.123. The molecule has 5 nitrogen and oxygen atoms in total. The molecule has 1 heterocycles. The zero-order valence-electron chi connectivity index (χ0n) is 17.6. The first-order valence-electron chi connectivity index (χ1n) is 9.99. The number of imide groups is 1. The second kappa shape index (κ2) is 9.87. The molecule has 8 heteroatoms. The predicted octanol–water partition coefficient (Wildman–Crippen LogP) is 5.79. The number of ether oxygens (including phenoxy) is 2. The Labute approximate surface area is 193 Å². The minimum atomic E-state index is -0.493. The van der Waals surface area contributed by atoms with Gasteiger partial charge < -0.3 is 9.47 Å². The third kappa shape index (κ3) is 5.06. The van der Waals surface area contributed by atoms with Gasteiger partial charge in [-0.2, -0.15) is 0 Å². The van der Waals surface area contributed by atoms with Crippen molar-refractivity contribution < 1.29 is 27.8 Å². The van der Waals surface area contributed by atoms with E-state index >= 15 is 0 Å². The van der Waals surface area contributed by atoms with Crippen molar-refractivity contribution in [2.24, 2.45) is 0 Å². The molecule has 1 fully saturated rings. The van der Waals surface area contributed by atoms with E-state index in [9.17, 15) is 18.4 Å². The molecule has 0 aliphatic carbocycles. The maximum atomic E-state index is 13.9.